The van der Waals surface area contributed by atoms with Gasteiger partial charge in [0, 0.05) is 20.3 Å². The zero-order valence-electron chi connectivity index (χ0n) is 19.6. The van der Waals surface area contributed by atoms with Gasteiger partial charge in [0.15, 0.2) is 16.7 Å². The Kier molecular flexibility index (Phi) is 8.22. The maximum absolute atomic E-state index is 13.1. The van der Waals surface area contributed by atoms with Crippen LogP contribution in [0.2, 0.25) is 0 Å². The van der Waals surface area contributed by atoms with Crippen molar-refractivity contribution < 1.29 is 19.0 Å². The molecule has 4 rings (SSSR count). The molecule has 0 atom stereocenters. The predicted octanol–water partition coefficient (Wildman–Crippen LogP) is 2.38. The standard InChI is InChI=1S/C24H27N5O5S/c1-32-14-7-13-28-22(31)17-8-3-4-9-18(17)29-23(28)26-27-24(29)35-16-21(30)25-12-15-34-20-11-6-5-10-19(20)33-2/h3-6,8-11H,7,12-16H2,1-2H3,(H,25,30). The summed E-state index contributed by atoms with van der Waals surface area (Å²) in [5.74, 6) is 1.69. The molecule has 0 unspecified atom stereocenters. The summed E-state index contributed by atoms with van der Waals surface area (Å²) < 4.78 is 19.5. The molecule has 0 aliphatic carbocycles. The Bertz CT molecular complexity index is 1370. The fourth-order valence-electron chi connectivity index (χ4n) is 3.67. The highest BCUT2D eigenvalue weighted by molar-refractivity contribution is 7.99. The number of carbonyl (C=O) groups excluding carboxylic acids is 1. The van der Waals surface area contributed by atoms with Gasteiger partial charge in [-0.2, -0.15) is 0 Å². The number of hydrogen-bond acceptors (Lipinski definition) is 8. The van der Waals surface area contributed by atoms with Crippen molar-refractivity contribution in [1.29, 1.82) is 0 Å². The summed E-state index contributed by atoms with van der Waals surface area (Å²) in [4.78, 5) is 25.5. The number of amides is 1. The third kappa shape index (κ3) is 5.57. The third-order valence-corrected chi connectivity index (χ3v) is 6.22. The summed E-state index contributed by atoms with van der Waals surface area (Å²) >= 11 is 1.26. The number of aryl methyl sites for hydroxylation is 1. The summed E-state index contributed by atoms with van der Waals surface area (Å²) in [5, 5.41) is 12.5. The molecule has 35 heavy (non-hydrogen) atoms. The molecule has 184 valence electrons. The quantitative estimate of drug-likeness (QED) is 0.235. The van der Waals surface area contributed by atoms with Gasteiger partial charge in [0.05, 0.1) is 30.3 Å². The fraction of sp³-hybridized carbons (Fsp3) is 0.333. The molecule has 4 aromatic rings. The number of hydrogen-bond donors (Lipinski definition) is 1. The van der Waals surface area contributed by atoms with Crippen LogP contribution in [0.15, 0.2) is 58.5 Å². The van der Waals surface area contributed by atoms with Crippen LogP contribution in [0.1, 0.15) is 6.42 Å². The van der Waals surface area contributed by atoms with Crippen LogP contribution in [-0.2, 0) is 16.1 Å². The number of rotatable bonds is 12. The number of carbonyl (C=O) groups is 1. The van der Waals surface area contributed by atoms with Gasteiger partial charge in [-0.1, -0.05) is 36.0 Å². The van der Waals surface area contributed by atoms with Gasteiger partial charge in [0.25, 0.3) is 5.56 Å². The average Bonchev–Trinajstić information content (AvgIpc) is 3.31. The third-order valence-electron chi connectivity index (χ3n) is 5.29. The number of aromatic nitrogens is 4. The lowest BCUT2D eigenvalue weighted by Crippen LogP contribution is -2.29. The Morgan fingerprint density at radius 1 is 1.03 bits per heavy atom. The first-order chi connectivity index (χ1) is 17.1. The maximum Gasteiger partial charge on any atom is 0.262 e. The number of para-hydroxylation sites is 3. The highest BCUT2D eigenvalue weighted by Gasteiger charge is 2.17. The molecule has 0 bridgehead atoms. The minimum absolute atomic E-state index is 0.124. The number of ether oxygens (including phenoxy) is 3. The molecule has 0 saturated heterocycles. The smallest absolute Gasteiger partial charge is 0.262 e. The number of fused-ring (bicyclic) bond motifs is 3. The van der Waals surface area contributed by atoms with Gasteiger partial charge >= 0.3 is 0 Å². The number of methoxy groups -OCH3 is 2. The van der Waals surface area contributed by atoms with Gasteiger partial charge in [0.1, 0.15) is 6.61 Å². The summed E-state index contributed by atoms with van der Waals surface area (Å²) in [7, 11) is 3.21. The number of thioether (sulfide) groups is 1. The van der Waals surface area contributed by atoms with Crippen molar-refractivity contribution in [2.24, 2.45) is 0 Å². The zero-order chi connectivity index (χ0) is 24.6. The Labute approximate surface area is 206 Å². The van der Waals surface area contributed by atoms with E-state index in [0.717, 1.165) is 0 Å². The zero-order valence-corrected chi connectivity index (χ0v) is 20.4. The SMILES string of the molecule is COCCCn1c(=O)c2ccccc2n2c(SCC(=O)NCCOc3ccccc3OC)nnc12. The van der Waals surface area contributed by atoms with E-state index in [1.807, 2.05) is 46.9 Å². The first-order valence-electron chi connectivity index (χ1n) is 11.1. The van der Waals surface area contributed by atoms with Crippen LogP contribution in [0.3, 0.4) is 0 Å². The highest BCUT2D eigenvalue weighted by atomic mass is 32.2. The molecule has 2 aromatic carbocycles. The van der Waals surface area contributed by atoms with Crippen molar-refractivity contribution >= 4 is 34.3 Å². The monoisotopic (exact) mass is 497 g/mol. The molecule has 11 heteroatoms. The van der Waals surface area contributed by atoms with Gasteiger partial charge in [-0.15, -0.1) is 10.2 Å². The van der Waals surface area contributed by atoms with E-state index in [1.165, 1.54) is 11.8 Å². The maximum atomic E-state index is 13.1. The minimum atomic E-state index is -0.159. The summed E-state index contributed by atoms with van der Waals surface area (Å²) in [6.07, 6.45) is 0.666. The second-order valence-electron chi connectivity index (χ2n) is 7.58. The molecule has 0 aliphatic heterocycles. The van der Waals surface area contributed by atoms with Crippen LogP contribution in [0.25, 0.3) is 16.7 Å². The fourth-order valence-corrected chi connectivity index (χ4v) is 4.44. The topological polar surface area (TPSA) is 109 Å². The van der Waals surface area contributed by atoms with E-state index in [2.05, 4.69) is 15.5 Å². The van der Waals surface area contributed by atoms with E-state index >= 15 is 0 Å². The van der Waals surface area contributed by atoms with Crippen LogP contribution >= 0.6 is 11.8 Å². The van der Waals surface area contributed by atoms with Crippen molar-refractivity contribution in [3.63, 3.8) is 0 Å². The molecule has 2 aromatic heterocycles. The molecular weight excluding hydrogens is 470 g/mol. The van der Waals surface area contributed by atoms with Crippen molar-refractivity contribution in [3.8, 4) is 11.5 Å². The van der Waals surface area contributed by atoms with Crippen molar-refractivity contribution in [2.45, 2.75) is 18.1 Å². The average molecular weight is 498 g/mol. The van der Waals surface area contributed by atoms with Crippen LogP contribution < -0.4 is 20.3 Å². The molecule has 1 amide bonds. The Morgan fingerprint density at radius 2 is 1.80 bits per heavy atom. The van der Waals surface area contributed by atoms with E-state index < -0.39 is 0 Å². The lowest BCUT2D eigenvalue weighted by Gasteiger charge is -2.11. The van der Waals surface area contributed by atoms with Gasteiger partial charge in [0.2, 0.25) is 11.7 Å². The first-order valence-corrected chi connectivity index (χ1v) is 12.1. The highest BCUT2D eigenvalue weighted by Crippen LogP contribution is 2.25. The largest absolute Gasteiger partial charge is 0.493 e. The van der Waals surface area contributed by atoms with Gasteiger partial charge in [-0.05, 0) is 30.7 Å². The van der Waals surface area contributed by atoms with Crippen LogP contribution in [-0.4, -0.2) is 64.8 Å². The van der Waals surface area contributed by atoms with Crippen LogP contribution in [0.4, 0.5) is 0 Å². The lowest BCUT2D eigenvalue weighted by atomic mass is 10.2. The second kappa shape index (κ2) is 11.7. The number of benzene rings is 2. The van der Waals surface area contributed by atoms with Crippen molar-refractivity contribution in [1.82, 2.24) is 24.5 Å². The molecule has 0 fully saturated rings. The Morgan fingerprint density at radius 3 is 2.60 bits per heavy atom. The molecule has 0 radical (unpaired) electrons. The normalized spacial score (nSPS) is 11.1. The number of nitrogens with one attached hydrogen (secondary N) is 1. The van der Waals surface area contributed by atoms with Crippen LogP contribution in [0.5, 0.6) is 11.5 Å². The van der Waals surface area contributed by atoms with Gasteiger partial charge in [-0.3, -0.25) is 18.6 Å². The van der Waals surface area contributed by atoms with E-state index in [1.54, 1.807) is 24.9 Å². The predicted molar refractivity (Wildman–Crippen MR) is 133 cm³/mol. The van der Waals surface area contributed by atoms with Gasteiger partial charge in [-0.25, -0.2) is 0 Å². The summed E-state index contributed by atoms with van der Waals surface area (Å²) in [6.45, 7) is 1.64. The molecule has 0 saturated carbocycles. The molecule has 0 aliphatic rings. The van der Waals surface area contributed by atoms with Crippen LogP contribution in [0, 0.1) is 0 Å². The Balaban J connectivity index is 1.43. The van der Waals surface area contributed by atoms with Gasteiger partial charge < -0.3 is 19.5 Å². The van der Waals surface area contributed by atoms with E-state index in [0.29, 0.717) is 66.1 Å². The van der Waals surface area contributed by atoms with Crippen molar-refractivity contribution in [2.75, 3.05) is 39.7 Å². The van der Waals surface area contributed by atoms with E-state index in [4.69, 9.17) is 14.2 Å². The van der Waals surface area contributed by atoms with E-state index in [9.17, 15) is 9.59 Å². The first kappa shape index (κ1) is 24.6. The molecule has 1 N–H and O–H groups in total. The number of nitrogens with zero attached hydrogens (tertiary/aromatic N) is 4. The summed E-state index contributed by atoms with van der Waals surface area (Å²) in [5.41, 5.74) is 0.578. The lowest BCUT2D eigenvalue weighted by molar-refractivity contribution is -0.118. The Hall–Kier alpha value is -3.57. The molecule has 10 nitrogen and oxygen atoms in total. The second-order valence-corrected chi connectivity index (χ2v) is 8.52. The molecular formula is C24H27N5O5S. The van der Waals surface area contributed by atoms with Crippen molar-refractivity contribution in [3.05, 3.63) is 58.9 Å². The van der Waals surface area contributed by atoms with E-state index in [-0.39, 0.29) is 17.2 Å². The molecule has 0 spiro atoms. The minimum Gasteiger partial charge on any atom is -0.493 e. The molecule has 2 heterocycles. The summed E-state index contributed by atoms with van der Waals surface area (Å²) in [6, 6.07) is 14.7.